The zero-order valence-corrected chi connectivity index (χ0v) is 11.8. The molecule has 3 N–H and O–H groups in total. The molecule has 3 aromatic rings. The van der Waals surface area contributed by atoms with Crippen LogP contribution >= 0.6 is 11.8 Å². The van der Waals surface area contributed by atoms with Gasteiger partial charge in [0, 0.05) is 17.8 Å². The summed E-state index contributed by atoms with van der Waals surface area (Å²) in [5.41, 5.74) is 3.27. The van der Waals surface area contributed by atoms with Gasteiger partial charge in [-0.1, -0.05) is 30.0 Å². The normalized spacial score (nSPS) is 10.7. The fraction of sp³-hybridized carbons (Fsp3) is 0.0714. The topological polar surface area (TPSA) is 94.0 Å². The summed E-state index contributed by atoms with van der Waals surface area (Å²) in [7, 11) is 0. The third-order valence-corrected chi connectivity index (χ3v) is 3.78. The summed E-state index contributed by atoms with van der Waals surface area (Å²) in [6.07, 6.45) is 3.34. The smallest absolute Gasteiger partial charge is 0.269 e. The third-order valence-electron chi connectivity index (χ3n) is 2.90. The van der Waals surface area contributed by atoms with E-state index in [0.29, 0.717) is 27.8 Å². The summed E-state index contributed by atoms with van der Waals surface area (Å²) in [5.74, 6) is 5.89. The van der Waals surface area contributed by atoms with E-state index < -0.39 is 0 Å². The number of hydrogen-bond acceptors (Lipinski definition) is 6. The molecule has 0 unspecified atom stereocenters. The standard InChI is InChI=1S/C14H12N4O2S/c15-18-13(19)12-9-4-1-2-5-10(9)20-11(12)8-21-14-16-6-3-7-17-14/h1-7H,8,15H2,(H,18,19). The van der Waals surface area contributed by atoms with Gasteiger partial charge in [-0.3, -0.25) is 10.2 Å². The van der Waals surface area contributed by atoms with Gasteiger partial charge in [-0.2, -0.15) is 0 Å². The minimum Gasteiger partial charge on any atom is -0.459 e. The monoisotopic (exact) mass is 300 g/mol. The van der Waals surface area contributed by atoms with Crippen LogP contribution in [0, 0.1) is 0 Å². The van der Waals surface area contributed by atoms with Crippen molar-refractivity contribution in [3.8, 4) is 0 Å². The molecule has 0 aliphatic rings. The highest BCUT2D eigenvalue weighted by atomic mass is 32.2. The molecule has 1 amide bonds. The first-order chi connectivity index (χ1) is 10.3. The third kappa shape index (κ3) is 2.74. The number of hydrazine groups is 1. The Hall–Kier alpha value is -2.38. The molecule has 0 spiro atoms. The van der Waals surface area contributed by atoms with Crippen molar-refractivity contribution >= 4 is 28.6 Å². The van der Waals surface area contributed by atoms with Crippen molar-refractivity contribution in [2.75, 3.05) is 0 Å². The molecule has 0 aliphatic heterocycles. The Morgan fingerprint density at radius 2 is 2.00 bits per heavy atom. The number of benzene rings is 1. The number of nitrogens with zero attached hydrogens (tertiary/aromatic N) is 2. The first-order valence-corrected chi connectivity index (χ1v) is 7.19. The highest BCUT2D eigenvalue weighted by Crippen LogP contribution is 2.30. The molecule has 3 rings (SSSR count). The molecule has 0 aliphatic carbocycles. The Kier molecular flexibility index (Phi) is 3.85. The number of nitrogens with one attached hydrogen (secondary N) is 1. The summed E-state index contributed by atoms with van der Waals surface area (Å²) in [6.45, 7) is 0. The number of rotatable bonds is 4. The van der Waals surface area contributed by atoms with Crippen LogP contribution in [0.1, 0.15) is 16.1 Å². The lowest BCUT2D eigenvalue weighted by molar-refractivity contribution is 0.0953. The van der Waals surface area contributed by atoms with Crippen LogP contribution in [0.25, 0.3) is 11.0 Å². The van der Waals surface area contributed by atoms with Crippen LogP contribution in [-0.4, -0.2) is 15.9 Å². The second-order valence-electron chi connectivity index (χ2n) is 4.19. The van der Waals surface area contributed by atoms with E-state index in [9.17, 15) is 4.79 Å². The number of para-hydroxylation sites is 1. The van der Waals surface area contributed by atoms with Crippen molar-refractivity contribution in [2.45, 2.75) is 10.9 Å². The van der Waals surface area contributed by atoms with Crippen molar-refractivity contribution in [1.29, 1.82) is 0 Å². The fourth-order valence-electron chi connectivity index (χ4n) is 2.01. The van der Waals surface area contributed by atoms with E-state index in [1.54, 1.807) is 18.5 Å². The summed E-state index contributed by atoms with van der Waals surface area (Å²) in [4.78, 5) is 20.2. The van der Waals surface area contributed by atoms with Crippen LogP contribution in [0.3, 0.4) is 0 Å². The maximum Gasteiger partial charge on any atom is 0.269 e. The van der Waals surface area contributed by atoms with E-state index >= 15 is 0 Å². The number of amides is 1. The number of fused-ring (bicyclic) bond motifs is 1. The van der Waals surface area contributed by atoms with Gasteiger partial charge in [-0.15, -0.1) is 0 Å². The lowest BCUT2D eigenvalue weighted by Gasteiger charge is -2.01. The number of hydrogen-bond donors (Lipinski definition) is 2. The summed E-state index contributed by atoms with van der Waals surface area (Å²) >= 11 is 1.39. The molecule has 7 heteroatoms. The van der Waals surface area contributed by atoms with Crippen LogP contribution < -0.4 is 11.3 Å². The lowest BCUT2D eigenvalue weighted by Crippen LogP contribution is -2.30. The van der Waals surface area contributed by atoms with Crippen molar-refractivity contribution in [2.24, 2.45) is 5.84 Å². The average molecular weight is 300 g/mol. The Morgan fingerprint density at radius 3 is 2.76 bits per heavy atom. The molecule has 0 bridgehead atoms. The van der Waals surface area contributed by atoms with Gasteiger partial charge in [0.25, 0.3) is 5.91 Å². The van der Waals surface area contributed by atoms with E-state index in [-0.39, 0.29) is 5.91 Å². The van der Waals surface area contributed by atoms with Crippen molar-refractivity contribution in [3.05, 3.63) is 54.0 Å². The number of nitrogen functional groups attached to an aromatic ring is 1. The molecule has 0 fully saturated rings. The predicted molar refractivity (Wildman–Crippen MR) is 79.5 cm³/mol. The molecular formula is C14H12N4O2S. The van der Waals surface area contributed by atoms with E-state index in [2.05, 4.69) is 15.4 Å². The molecule has 0 radical (unpaired) electrons. The summed E-state index contributed by atoms with van der Waals surface area (Å²) in [6, 6.07) is 9.10. The number of carbonyl (C=O) groups excluding carboxylic acids is 1. The molecule has 21 heavy (non-hydrogen) atoms. The lowest BCUT2D eigenvalue weighted by atomic mass is 10.1. The van der Waals surface area contributed by atoms with E-state index in [1.165, 1.54) is 11.8 Å². The fourth-order valence-corrected chi connectivity index (χ4v) is 2.74. The van der Waals surface area contributed by atoms with Crippen molar-refractivity contribution in [1.82, 2.24) is 15.4 Å². The number of thioether (sulfide) groups is 1. The number of aromatic nitrogens is 2. The predicted octanol–water partition coefficient (Wildman–Crippen LogP) is 2.12. The van der Waals surface area contributed by atoms with E-state index in [1.807, 2.05) is 24.3 Å². The Bertz CT molecular complexity index is 773. The molecule has 2 heterocycles. The van der Waals surface area contributed by atoms with Gasteiger partial charge >= 0.3 is 0 Å². The summed E-state index contributed by atoms with van der Waals surface area (Å²) in [5, 5.41) is 1.36. The van der Waals surface area contributed by atoms with Crippen LogP contribution in [0.15, 0.2) is 52.3 Å². The number of carbonyl (C=O) groups is 1. The quantitative estimate of drug-likeness (QED) is 0.252. The highest BCUT2D eigenvalue weighted by molar-refractivity contribution is 7.98. The van der Waals surface area contributed by atoms with Crippen molar-refractivity contribution in [3.63, 3.8) is 0 Å². The Labute approximate surface area is 124 Å². The Morgan fingerprint density at radius 1 is 1.24 bits per heavy atom. The first kappa shape index (κ1) is 13.6. The number of nitrogens with two attached hydrogens (primary N) is 1. The van der Waals surface area contributed by atoms with Gasteiger partial charge in [0.1, 0.15) is 11.3 Å². The molecule has 0 atom stereocenters. The maximum absolute atomic E-state index is 12.0. The first-order valence-electron chi connectivity index (χ1n) is 6.21. The maximum atomic E-state index is 12.0. The van der Waals surface area contributed by atoms with E-state index in [0.717, 1.165) is 5.39 Å². The van der Waals surface area contributed by atoms with Crippen LogP contribution in [-0.2, 0) is 5.75 Å². The highest BCUT2D eigenvalue weighted by Gasteiger charge is 2.20. The average Bonchev–Trinajstić information content (AvgIpc) is 2.91. The van der Waals surface area contributed by atoms with Gasteiger partial charge in [-0.25, -0.2) is 15.8 Å². The van der Waals surface area contributed by atoms with Crippen LogP contribution in [0.4, 0.5) is 0 Å². The van der Waals surface area contributed by atoms with Gasteiger partial charge in [0.05, 0.1) is 11.3 Å². The van der Waals surface area contributed by atoms with Crippen molar-refractivity contribution < 1.29 is 9.21 Å². The SMILES string of the molecule is NNC(=O)c1c(CSc2ncccn2)oc2ccccc12. The molecule has 6 nitrogen and oxygen atoms in total. The molecule has 1 aromatic carbocycles. The van der Waals surface area contributed by atoms with Gasteiger partial charge in [0.15, 0.2) is 5.16 Å². The van der Waals surface area contributed by atoms with Gasteiger partial charge in [-0.05, 0) is 12.1 Å². The molecule has 0 saturated heterocycles. The molecule has 106 valence electrons. The zero-order valence-electron chi connectivity index (χ0n) is 10.9. The van der Waals surface area contributed by atoms with Crippen LogP contribution in [0.2, 0.25) is 0 Å². The van der Waals surface area contributed by atoms with Gasteiger partial charge in [0.2, 0.25) is 0 Å². The zero-order chi connectivity index (χ0) is 14.7. The second-order valence-corrected chi connectivity index (χ2v) is 5.13. The minimum atomic E-state index is -0.371. The second kappa shape index (κ2) is 5.94. The van der Waals surface area contributed by atoms with Gasteiger partial charge < -0.3 is 4.42 Å². The molecule has 0 saturated carbocycles. The largest absolute Gasteiger partial charge is 0.459 e. The minimum absolute atomic E-state index is 0.371. The molecular weight excluding hydrogens is 288 g/mol. The summed E-state index contributed by atoms with van der Waals surface area (Å²) < 4.78 is 5.75. The van der Waals surface area contributed by atoms with E-state index in [4.69, 9.17) is 10.3 Å². The van der Waals surface area contributed by atoms with Crippen LogP contribution in [0.5, 0.6) is 0 Å². The molecule has 2 aromatic heterocycles. The Balaban J connectivity index is 1.95. The number of furan rings is 1.